The van der Waals surface area contributed by atoms with Gasteiger partial charge in [-0.05, 0) is 29.7 Å². The highest BCUT2D eigenvalue weighted by molar-refractivity contribution is 7.98. The Morgan fingerprint density at radius 1 is 1.43 bits per heavy atom. The van der Waals surface area contributed by atoms with Crippen LogP contribution in [-0.4, -0.2) is 43.1 Å². The van der Waals surface area contributed by atoms with Gasteiger partial charge in [0.05, 0.1) is 18.4 Å². The van der Waals surface area contributed by atoms with E-state index in [2.05, 4.69) is 32.6 Å². The van der Waals surface area contributed by atoms with E-state index < -0.39 is 0 Å². The van der Waals surface area contributed by atoms with Crippen molar-refractivity contribution in [1.29, 1.82) is 0 Å². The lowest BCUT2D eigenvalue weighted by atomic mass is 10.2. The molecule has 0 N–H and O–H groups in total. The van der Waals surface area contributed by atoms with Crippen LogP contribution in [0.3, 0.4) is 0 Å². The van der Waals surface area contributed by atoms with Gasteiger partial charge in [0.2, 0.25) is 11.0 Å². The van der Waals surface area contributed by atoms with Crippen molar-refractivity contribution in [3.8, 4) is 0 Å². The van der Waals surface area contributed by atoms with Gasteiger partial charge in [-0.15, -0.1) is 5.10 Å². The number of thioether (sulfide) groups is 1. The first-order valence-corrected chi connectivity index (χ1v) is 8.15. The van der Waals surface area contributed by atoms with Crippen LogP contribution in [-0.2, 0) is 23.5 Å². The Kier molecular flexibility index (Phi) is 4.81. The van der Waals surface area contributed by atoms with E-state index in [0.717, 1.165) is 43.3 Å². The van der Waals surface area contributed by atoms with Gasteiger partial charge in [-0.25, -0.2) is 4.68 Å². The summed E-state index contributed by atoms with van der Waals surface area (Å²) in [6.07, 6.45) is 4.23. The van der Waals surface area contributed by atoms with Crippen LogP contribution in [0, 0.1) is 0 Å². The quantitative estimate of drug-likeness (QED) is 0.710. The normalized spacial score (nSPS) is 18.4. The molecule has 3 rings (SSSR count). The monoisotopic (exact) mass is 310 g/mol. The molecule has 1 unspecified atom stereocenters. The highest BCUT2D eigenvalue weighted by atomic mass is 32.2. The summed E-state index contributed by atoms with van der Waals surface area (Å²) in [5.41, 5.74) is 0. The molecule has 1 fully saturated rings. The first-order chi connectivity index (χ1) is 10.3. The molecule has 0 amide bonds. The molecule has 0 saturated carbocycles. The van der Waals surface area contributed by atoms with Gasteiger partial charge in [0.1, 0.15) is 0 Å². The van der Waals surface area contributed by atoms with Crippen molar-refractivity contribution in [2.45, 2.75) is 56.2 Å². The number of aryl methyl sites for hydroxylation is 1. The Labute approximate surface area is 126 Å². The van der Waals surface area contributed by atoms with Gasteiger partial charge in [0.25, 0.3) is 0 Å². The van der Waals surface area contributed by atoms with Crippen LogP contribution in [0.5, 0.6) is 0 Å². The lowest BCUT2D eigenvalue weighted by Gasteiger charge is -2.09. The van der Waals surface area contributed by atoms with Crippen LogP contribution in [0.2, 0.25) is 0 Å². The summed E-state index contributed by atoms with van der Waals surface area (Å²) in [4.78, 5) is 4.33. The van der Waals surface area contributed by atoms with E-state index in [1.807, 2.05) is 0 Å². The summed E-state index contributed by atoms with van der Waals surface area (Å²) < 4.78 is 12.6. The van der Waals surface area contributed by atoms with Crippen molar-refractivity contribution in [1.82, 2.24) is 30.3 Å². The van der Waals surface area contributed by atoms with E-state index in [1.54, 1.807) is 4.68 Å². The van der Waals surface area contributed by atoms with Crippen molar-refractivity contribution in [3.63, 3.8) is 0 Å². The Bertz CT molecular complexity index is 566. The Morgan fingerprint density at radius 2 is 2.38 bits per heavy atom. The molecule has 1 aliphatic rings. The smallest absolute Gasteiger partial charge is 0.237 e. The zero-order chi connectivity index (χ0) is 14.5. The summed E-state index contributed by atoms with van der Waals surface area (Å²) in [5.74, 6) is 1.94. The third-order valence-corrected chi connectivity index (χ3v) is 4.15. The Balaban J connectivity index is 1.55. The molecule has 9 heteroatoms. The number of nitrogens with zero attached hydrogens (tertiary/aromatic N) is 6. The van der Waals surface area contributed by atoms with Crippen molar-refractivity contribution >= 4 is 11.8 Å². The zero-order valence-corrected chi connectivity index (χ0v) is 12.8. The molecule has 1 aliphatic heterocycles. The molecule has 114 valence electrons. The van der Waals surface area contributed by atoms with Gasteiger partial charge in [0.15, 0.2) is 5.82 Å². The lowest BCUT2D eigenvalue weighted by Crippen LogP contribution is -2.16. The van der Waals surface area contributed by atoms with Crippen LogP contribution in [0.25, 0.3) is 0 Å². The summed E-state index contributed by atoms with van der Waals surface area (Å²) in [7, 11) is 0. The minimum absolute atomic E-state index is 0.215. The molecule has 0 spiro atoms. The fraction of sp³-hybridized carbons (Fsp3) is 0.750. The van der Waals surface area contributed by atoms with Gasteiger partial charge >= 0.3 is 0 Å². The second kappa shape index (κ2) is 6.99. The molecule has 1 atom stereocenters. The van der Waals surface area contributed by atoms with E-state index in [1.165, 1.54) is 11.8 Å². The average Bonchev–Trinajstić information content (AvgIpc) is 3.20. The number of ether oxygens (including phenoxy) is 1. The largest absolute Gasteiger partial charge is 0.376 e. The molecular formula is C12H18N6O2S. The fourth-order valence-electron chi connectivity index (χ4n) is 2.20. The minimum Gasteiger partial charge on any atom is -0.376 e. The zero-order valence-electron chi connectivity index (χ0n) is 11.9. The van der Waals surface area contributed by atoms with Crippen LogP contribution >= 0.6 is 11.8 Å². The summed E-state index contributed by atoms with van der Waals surface area (Å²) in [5, 5.41) is 16.5. The van der Waals surface area contributed by atoms with E-state index in [-0.39, 0.29) is 6.10 Å². The number of rotatable bonds is 7. The molecule has 0 aromatic carbocycles. The second-order valence-electron chi connectivity index (χ2n) is 4.92. The predicted molar refractivity (Wildman–Crippen MR) is 74.6 cm³/mol. The maximum atomic E-state index is 5.61. The third kappa shape index (κ3) is 3.79. The molecule has 8 nitrogen and oxygen atoms in total. The lowest BCUT2D eigenvalue weighted by molar-refractivity contribution is 0.0912. The van der Waals surface area contributed by atoms with Crippen LogP contribution < -0.4 is 0 Å². The third-order valence-electron chi connectivity index (χ3n) is 3.21. The second-order valence-corrected chi connectivity index (χ2v) is 5.86. The van der Waals surface area contributed by atoms with Crippen LogP contribution in [0.15, 0.2) is 9.68 Å². The summed E-state index contributed by atoms with van der Waals surface area (Å²) in [6, 6.07) is 0. The number of hydrogen-bond donors (Lipinski definition) is 0. The average molecular weight is 310 g/mol. The summed E-state index contributed by atoms with van der Waals surface area (Å²) >= 11 is 1.50. The number of aromatic nitrogens is 6. The molecule has 0 aliphatic carbocycles. The maximum absolute atomic E-state index is 5.61. The first kappa shape index (κ1) is 14.5. The van der Waals surface area contributed by atoms with Gasteiger partial charge in [0, 0.05) is 13.0 Å². The molecule has 2 aromatic heterocycles. The molecule has 0 bridgehead atoms. The molecular weight excluding hydrogens is 292 g/mol. The first-order valence-electron chi connectivity index (χ1n) is 7.17. The topological polar surface area (TPSA) is 91.8 Å². The van der Waals surface area contributed by atoms with Gasteiger partial charge in [-0.1, -0.05) is 23.8 Å². The Hall–Kier alpha value is -1.48. The Morgan fingerprint density at radius 3 is 3.19 bits per heavy atom. The fourth-order valence-corrected chi connectivity index (χ4v) is 2.92. The van der Waals surface area contributed by atoms with Crippen molar-refractivity contribution in [2.75, 3.05) is 6.61 Å². The van der Waals surface area contributed by atoms with E-state index in [0.29, 0.717) is 18.2 Å². The van der Waals surface area contributed by atoms with Crippen molar-refractivity contribution in [3.05, 3.63) is 11.7 Å². The van der Waals surface area contributed by atoms with E-state index in [9.17, 15) is 0 Å². The van der Waals surface area contributed by atoms with Gasteiger partial charge in [-0.2, -0.15) is 4.98 Å². The molecule has 2 aromatic rings. The number of tetrazole rings is 1. The van der Waals surface area contributed by atoms with Crippen LogP contribution in [0.4, 0.5) is 0 Å². The van der Waals surface area contributed by atoms with E-state index in [4.69, 9.17) is 9.26 Å². The summed E-state index contributed by atoms with van der Waals surface area (Å²) in [6.45, 7) is 3.61. The molecule has 0 radical (unpaired) electrons. The highest BCUT2D eigenvalue weighted by Gasteiger charge is 2.19. The molecule has 1 saturated heterocycles. The molecule has 21 heavy (non-hydrogen) atoms. The predicted octanol–water partition coefficient (Wildman–Crippen LogP) is 1.48. The van der Waals surface area contributed by atoms with Crippen molar-refractivity contribution in [2.24, 2.45) is 0 Å². The minimum atomic E-state index is 0.215. The van der Waals surface area contributed by atoms with Crippen LogP contribution in [0.1, 0.15) is 37.9 Å². The van der Waals surface area contributed by atoms with Gasteiger partial charge < -0.3 is 9.26 Å². The molecule has 3 heterocycles. The standard InChI is InChI=1S/C12H18N6O2S/c1-2-4-10-13-11(20-15-10)8-21-12-14-16-17-18(12)7-9-5-3-6-19-9/h9H,2-8H2,1H3. The maximum Gasteiger partial charge on any atom is 0.237 e. The number of hydrogen-bond acceptors (Lipinski definition) is 8. The van der Waals surface area contributed by atoms with E-state index >= 15 is 0 Å². The van der Waals surface area contributed by atoms with Gasteiger partial charge in [-0.3, -0.25) is 0 Å². The van der Waals surface area contributed by atoms with Crippen molar-refractivity contribution < 1.29 is 9.26 Å². The highest BCUT2D eigenvalue weighted by Crippen LogP contribution is 2.21. The SMILES string of the molecule is CCCc1noc(CSc2nnnn2CC2CCCO2)n1.